The van der Waals surface area contributed by atoms with E-state index >= 15 is 0 Å². The molecule has 0 N–H and O–H groups in total. The van der Waals surface area contributed by atoms with E-state index in [2.05, 4.69) is 90.1 Å². The van der Waals surface area contributed by atoms with Gasteiger partial charge in [-0.05, 0) is 112 Å². The molecule has 0 atom stereocenters. The molecule has 0 aliphatic rings. The van der Waals surface area contributed by atoms with Crippen molar-refractivity contribution >= 4 is 82.5 Å². The second kappa shape index (κ2) is 69.2. The van der Waals surface area contributed by atoms with Crippen LogP contribution in [0.5, 0.6) is 11.5 Å². The van der Waals surface area contributed by atoms with Gasteiger partial charge in [-0.1, -0.05) is 342 Å². The molecule has 0 fully saturated rings. The summed E-state index contributed by atoms with van der Waals surface area (Å²) < 4.78 is 35.7. The zero-order valence-electron chi connectivity index (χ0n) is 64.2. The minimum Gasteiger partial charge on any atom is -0.466 e. The molecular formula is C83H146O10P2S4. The molecule has 0 saturated carbocycles. The number of rotatable bonds is 74. The largest absolute Gasteiger partial charge is 0.466 e. The lowest BCUT2D eigenvalue weighted by atomic mass is 9.78. The highest BCUT2D eigenvalue weighted by Gasteiger charge is 2.25. The van der Waals surface area contributed by atoms with Crippen LogP contribution in [0.3, 0.4) is 0 Å². The summed E-state index contributed by atoms with van der Waals surface area (Å²) in [5.74, 6) is 6.08. The Morgan fingerprint density at radius 1 is 0.273 bits per heavy atom. The van der Waals surface area contributed by atoms with Crippen molar-refractivity contribution in [3.8, 4) is 11.5 Å². The summed E-state index contributed by atoms with van der Waals surface area (Å²) >= 11 is 7.98. The topological polar surface area (TPSA) is 124 Å². The number of hydrogen-bond acceptors (Lipinski definition) is 14. The smallest absolute Gasteiger partial charge is 0.305 e. The minimum absolute atomic E-state index is 0.0305. The lowest BCUT2D eigenvalue weighted by Gasteiger charge is -2.27. The zero-order chi connectivity index (χ0) is 71.4. The highest BCUT2D eigenvalue weighted by molar-refractivity contribution is 8.87. The molecule has 2 aromatic rings. The van der Waals surface area contributed by atoms with Crippen molar-refractivity contribution < 1.29 is 47.2 Å². The summed E-state index contributed by atoms with van der Waals surface area (Å²) in [4.78, 5) is 49.1. The third kappa shape index (κ3) is 57.1. The van der Waals surface area contributed by atoms with Crippen LogP contribution in [0, 0.1) is 0 Å². The first kappa shape index (κ1) is 93.3. The highest BCUT2D eigenvalue weighted by atomic mass is 33.1. The van der Waals surface area contributed by atoms with Gasteiger partial charge >= 0.3 is 23.9 Å². The number of unbranched alkanes of at least 4 members (excludes halogenated alkanes) is 40. The van der Waals surface area contributed by atoms with E-state index in [1.807, 2.05) is 45.5 Å². The van der Waals surface area contributed by atoms with Gasteiger partial charge in [-0.3, -0.25) is 19.2 Å². The van der Waals surface area contributed by atoms with Crippen LogP contribution < -0.4 is 9.05 Å². The molecule has 0 aliphatic carbocycles. The first-order chi connectivity index (χ1) is 48.5. The van der Waals surface area contributed by atoms with Crippen LogP contribution in [-0.4, -0.2) is 73.3 Å². The maximum atomic E-state index is 12.3. The number of esters is 4. The SMILES string of the molecule is CCCCCCCCOC(=O)CCCCCCCCSP(Oc1ccc(C(C)(C)c2ccc(OP(SCCCCCCCCC(=O)OCCCCCCCC)SCCCCCCCCC(=O)OCCCCCCCC)cc2)cc1)SCCCCCCCCC(=O)OCCCCCCCC. The van der Waals surface area contributed by atoms with Crippen LogP contribution in [-0.2, 0) is 43.5 Å². The van der Waals surface area contributed by atoms with Crippen LogP contribution in [0.25, 0.3) is 0 Å². The predicted octanol–water partition coefficient (Wildman–Crippen LogP) is 28.7. The van der Waals surface area contributed by atoms with E-state index in [4.69, 9.17) is 28.0 Å². The fraction of sp³-hybridized carbons (Fsp3) is 0.807. The van der Waals surface area contributed by atoms with Crippen LogP contribution >= 0.6 is 58.6 Å². The third-order valence-electron chi connectivity index (χ3n) is 18.4. The van der Waals surface area contributed by atoms with Gasteiger partial charge < -0.3 is 28.0 Å². The van der Waals surface area contributed by atoms with Crippen molar-refractivity contribution in [2.24, 2.45) is 0 Å². The molecule has 10 nitrogen and oxygen atoms in total. The van der Waals surface area contributed by atoms with Crippen molar-refractivity contribution in [1.29, 1.82) is 0 Å². The van der Waals surface area contributed by atoms with E-state index in [0.717, 1.165) is 163 Å². The summed E-state index contributed by atoms with van der Waals surface area (Å²) in [6.45, 7) is 14.3. The summed E-state index contributed by atoms with van der Waals surface area (Å²) in [5, 5.41) is 0. The maximum Gasteiger partial charge on any atom is 0.305 e. The van der Waals surface area contributed by atoms with E-state index in [1.54, 1.807) is 0 Å². The summed E-state index contributed by atoms with van der Waals surface area (Å²) in [6.07, 6.45) is 57.9. The molecule has 0 unspecified atom stereocenters. The van der Waals surface area contributed by atoms with Gasteiger partial charge in [-0.25, -0.2) is 0 Å². The fourth-order valence-electron chi connectivity index (χ4n) is 11.8. The van der Waals surface area contributed by atoms with E-state index in [-0.39, 0.29) is 29.3 Å². The van der Waals surface area contributed by atoms with E-state index in [0.29, 0.717) is 52.1 Å². The molecule has 0 radical (unpaired) electrons. The number of carbonyl (C=O) groups excluding carboxylic acids is 4. The predicted molar refractivity (Wildman–Crippen MR) is 437 cm³/mol. The molecule has 572 valence electrons. The van der Waals surface area contributed by atoms with Crippen molar-refractivity contribution in [3.05, 3.63) is 59.7 Å². The van der Waals surface area contributed by atoms with E-state index in [1.165, 1.54) is 191 Å². The quantitative estimate of drug-likeness (QED) is 0.0270. The number of ether oxygens (including phenoxy) is 4. The first-order valence-corrected chi connectivity index (χ1v) is 49.7. The lowest BCUT2D eigenvalue weighted by molar-refractivity contribution is -0.144. The monoisotopic (exact) mass is 1490 g/mol. The van der Waals surface area contributed by atoms with Gasteiger partial charge in [0.2, 0.25) is 13.1 Å². The van der Waals surface area contributed by atoms with Gasteiger partial charge in [0.15, 0.2) is 0 Å². The Bertz CT molecular complexity index is 1910. The Labute approximate surface area is 626 Å². The highest BCUT2D eigenvalue weighted by Crippen LogP contribution is 2.63. The summed E-state index contributed by atoms with van der Waals surface area (Å²) in [7, 11) is 0. The Hall–Kier alpha value is -1.82. The standard InChI is InChI=1S/C83H146O10P2S4/c1-7-11-15-19-35-47-67-88-79(84)55-43-31-23-27-39-51-71-96-94(97-72-52-40-28-24-32-44-56-80(85)89-68-48-36-20-16-12-8-2)92-77-63-59-75(60-64-77)83(5,6)76-61-65-78(66-62-76)93-95(98-73-53-41-29-25-33-45-57-81(86)90-69-49-37-21-17-13-9-3)99-74-54-42-30-26-34-46-58-82(87)91-70-50-38-22-18-14-10-4/h59-66H,7-58,67-74H2,1-6H3. The number of carbonyl (C=O) groups is 4. The van der Waals surface area contributed by atoms with Gasteiger partial charge in [0, 0.05) is 54.1 Å². The molecule has 0 aromatic heterocycles. The molecule has 0 aliphatic heterocycles. The van der Waals surface area contributed by atoms with E-state index < -0.39 is 13.1 Å². The number of hydrogen-bond donors (Lipinski definition) is 0. The number of benzene rings is 2. The Morgan fingerprint density at radius 2 is 0.465 bits per heavy atom. The second-order valence-electron chi connectivity index (χ2n) is 28.1. The van der Waals surface area contributed by atoms with Gasteiger partial charge in [0.05, 0.1) is 26.4 Å². The molecule has 2 aromatic carbocycles. The molecule has 0 heterocycles. The van der Waals surface area contributed by atoms with Crippen LogP contribution in [0.4, 0.5) is 0 Å². The first-order valence-electron chi connectivity index (χ1n) is 40.8. The maximum absolute atomic E-state index is 12.3. The lowest BCUT2D eigenvalue weighted by Crippen LogP contribution is -2.18. The third-order valence-corrected chi connectivity index (χ3v) is 31.3. The zero-order valence-corrected chi connectivity index (χ0v) is 69.2. The average Bonchev–Trinajstić information content (AvgIpc) is 0.816. The normalized spacial score (nSPS) is 11.6. The molecular weight excluding hydrogens is 1350 g/mol. The van der Waals surface area contributed by atoms with Crippen molar-refractivity contribution in [2.45, 2.75) is 381 Å². The van der Waals surface area contributed by atoms with Crippen molar-refractivity contribution in [2.75, 3.05) is 49.4 Å². The van der Waals surface area contributed by atoms with Crippen molar-refractivity contribution in [3.63, 3.8) is 0 Å². The Morgan fingerprint density at radius 3 is 0.687 bits per heavy atom. The van der Waals surface area contributed by atoms with Gasteiger partial charge in [-0.15, -0.1) is 0 Å². The molecule has 0 saturated heterocycles. The minimum atomic E-state index is -0.769. The molecule has 0 amide bonds. The van der Waals surface area contributed by atoms with Crippen LogP contribution in [0.15, 0.2) is 48.5 Å². The van der Waals surface area contributed by atoms with Gasteiger partial charge in [0.25, 0.3) is 0 Å². The Balaban J connectivity index is 1.94. The van der Waals surface area contributed by atoms with Gasteiger partial charge in [-0.2, -0.15) is 0 Å². The van der Waals surface area contributed by atoms with E-state index in [9.17, 15) is 19.2 Å². The summed E-state index contributed by atoms with van der Waals surface area (Å²) in [6, 6.07) is 17.7. The Kier molecular flexibility index (Phi) is 65.2. The molecule has 99 heavy (non-hydrogen) atoms. The van der Waals surface area contributed by atoms with Crippen LogP contribution in [0.1, 0.15) is 387 Å². The molecule has 16 heteroatoms. The second-order valence-corrected chi connectivity index (χ2v) is 40.5. The molecule has 0 spiro atoms. The van der Waals surface area contributed by atoms with Crippen molar-refractivity contribution in [1.82, 2.24) is 0 Å². The fourth-order valence-corrected chi connectivity index (χ4v) is 24.2. The summed E-state index contributed by atoms with van der Waals surface area (Å²) in [5.41, 5.74) is 2.28. The molecule has 0 bridgehead atoms. The average molecular weight is 1490 g/mol. The molecule has 2 rings (SSSR count). The van der Waals surface area contributed by atoms with Crippen LogP contribution in [0.2, 0.25) is 0 Å². The van der Waals surface area contributed by atoms with Gasteiger partial charge in [0.1, 0.15) is 11.5 Å².